The second-order valence-corrected chi connectivity index (χ2v) is 11.5. The fraction of sp³-hybridized carbons (Fsp3) is 0.296. The summed E-state index contributed by atoms with van der Waals surface area (Å²) in [5.41, 5.74) is 5.50. The number of halogens is 1. The summed E-state index contributed by atoms with van der Waals surface area (Å²) in [6.45, 7) is 8.00. The maximum atomic E-state index is 13.4. The highest BCUT2D eigenvalue weighted by Gasteiger charge is 2.27. The van der Waals surface area contributed by atoms with Crippen molar-refractivity contribution in [2.24, 2.45) is 0 Å². The Labute approximate surface area is 211 Å². The van der Waals surface area contributed by atoms with Crippen molar-refractivity contribution in [1.29, 1.82) is 0 Å². The Balaban J connectivity index is 1.80. The van der Waals surface area contributed by atoms with Crippen molar-refractivity contribution in [3.63, 3.8) is 0 Å². The van der Waals surface area contributed by atoms with E-state index in [1.54, 1.807) is 24.3 Å². The van der Waals surface area contributed by atoms with Gasteiger partial charge in [-0.2, -0.15) is 4.31 Å². The highest BCUT2D eigenvalue weighted by molar-refractivity contribution is 9.10. The van der Waals surface area contributed by atoms with Crippen molar-refractivity contribution in [2.75, 3.05) is 13.1 Å². The van der Waals surface area contributed by atoms with Crippen LogP contribution in [0.2, 0.25) is 0 Å². The quantitative estimate of drug-likeness (QED) is 0.389. The van der Waals surface area contributed by atoms with Crippen LogP contribution in [0.4, 0.5) is 0 Å². The van der Waals surface area contributed by atoms with Crippen LogP contribution in [0.5, 0.6) is 0 Å². The van der Waals surface area contributed by atoms with Gasteiger partial charge in [0.2, 0.25) is 15.9 Å². The van der Waals surface area contributed by atoms with Gasteiger partial charge >= 0.3 is 0 Å². The number of nitrogens with one attached hydrogen (secondary N) is 1. The Morgan fingerprint density at radius 3 is 2.21 bits per heavy atom. The van der Waals surface area contributed by atoms with Crippen molar-refractivity contribution in [3.05, 3.63) is 99.0 Å². The molecule has 0 heterocycles. The third-order valence-electron chi connectivity index (χ3n) is 5.99. The molecule has 0 aliphatic rings. The van der Waals surface area contributed by atoms with Gasteiger partial charge in [-0.15, -0.1) is 0 Å². The highest BCUT2D eigenvalue weighted by Crippen LogP contribution is 2.23. The van der Waals surface area contributed by atoms with Gasteiger partial charge in [0, 0.05) is 11.0 Å². The van der Waals surface area contributed by atoms with E-state index in [0.717, 1.165) is 26.7 Å². The van der Waals surface area contributed by atoms with E-state index in [9.17, 15) is 13.2 Å². The molecule has 0 fully saturated rings. The van der Waals surface area contributed by atoms with Crippen LogP contribution in [0.1, 0.15) is 40.8 Å². The molecule has 0 radical (unpaired) electrons. The molecule has 5 nitrogen and oxygen atoms in total. The first kappa shape index (κ1) is 26.1. The Morgan fingerprint density at radius 1 is 0.941 bits per heavy atom. The fourth-order valence-electron chi connectivity index (χ4n) is 3.91. The topological polar surface area (TPSA) is 66.5 Å². The number of aryl methyl sites for hydroxylation is 3. The SMILES string of the molecule is Cc1cc(C)c([C@H](C)NC(=O)CN(CCc2ccccc2)S(=O)(=O)c2ccc(Br)cc2)cc1C. The van der Waals surface area contributed by atoms with E-state index >= 15 is 0 Å². The molecule has 3 rings (SSSR count). The Kier molecular flexibility index (Phi) is 8.68. The first-order valence-corrected chi connectivity index (χ1v) is 13.5. The molecule has 1 N–H and O–H groups in total. The lowest BCUT2D eigenvalue weighted by molar-refractivity contribution is -0.121. The standard InChI is InChI=1S/C27H31BrN2O3S/c1-19-16-21(3)26(17-20(19)2)22(4)29-27(31)18-30(15-14-23-8-6-5-7-9-23)34(32,33)25-12-10-24(28)11-13-25/h5-13,16-17,22H,14-15,18H2,1-4H3,(H,29,31)/t22-/m0/s1. The van der Waals surface area contributed by atoms with Crippen molar-refractivity contribution in [1.82, 2.24) is 9.62 Å². The lowest BCUT2D eigenvalue weighted by Crippen LogP contribution is -2.42. The van der Waals surface area contributed by atoms with Gasteiger partial charge in [0.25, 0.3) is 0 Å². The van der Waals surface area contributed by atoms with Gasteiger partial charge in [0.15, 0.2) is 0 Å². The van der Waals surface area contributed by atoms with E-state index in [4.69, 9.17) is 0 Å². The average molecular weight is 544 g/mol. The van der Waals surface area contributed by atoms with Crippen molar-refractivity contribution < 1.29 is 13.2 Å². The molecule has 0 spiro atoms. The number of hydrogen-bond donors (Lipinski definition) is 1. The smallest absolute Gasteiger partial charge is 0.243 e. The number of hydrogen-bond acceptors (Lipinski definition) is 3. The molecule has 180 valence electrons. The Morgan fingerprint density at radius 2 is 1.56 bits per heavy atom. The summed E-state index contributed by atoms with van der Waals surface area (Å²) in [5, 5.41) is 2.99. The first-order chi connectivity index (χ1) is 16.1. The van der Waals surface area contributed by atoms with E-state index in [1.807, 2.05) is 51.1 Å². The number of amides is 1. The fourth-order valence-corrected chi connectivity index (χ4v) is 5.57. The third kappa shape index (κ3) is 6.56. The predicted octanol–water partition coefficient (Wildman–Crippen LogP) is 5.49. The second kappa shape index (κ2) is 11.3. The number of benzene rings is 3. The number of carbonyl (C=O) groups excluding carboxylic acids is 1. The maximum Gasteiger partial charge on any atom is 0.243 e. The summed E-state index contributed by atoms with van der Waals surface area (Å²) < 4.78 is 28.9. The summed E-state index contributed by atoms with van der Waals surface area (Å²) in [6.07, 6.45) is 0.510. The predicted molar refractivity (Wildman–Crippen MR) is 140 cm³/mol. The molecule has 7 heteroatoms. The Bertz CT molecular complexity index is 1240. The summed E-state index contributed by atoms with van der Waals surface area (Å²) in [6, 6.07) is 20.1. The van der Waals surface area contributed by atoms with E-state index in [1.165, 1.54) is 9.87 Å². The molecular weight excluding hydrogens is 512 g/mol. The molecular formula is C27H31BrN2O3S. The number of carbonyl (C=O) groups is 1. The molecule has 0 unspecified atom stereocenters. The van der Waals surface area contributed by atoms with Crippen LogP contribution < -0.4 is 5.32 Å². The average Bonchev–Trinajstić information content (AvgIpc) is 2.79. The molecule has 0 aliphatic carbocycles. The van der Waals surface area contributed by atoms with Crippen molar-refractivity contribution in [3.8, 4) is 0 Å². The van der Waals surface area contributed by atoms with Crippen molar-refractivity contribution >= 4 is 31.9 Å². The molecule has 1 atom stereocenters. The molecule has 0 aromatic heterocycles. The second-order valence-electron chi connectivity index (χ2n) is 8.61. The first-order valence-electron chi connectivity index (χ1n) is 11.2. The molecule has 34 heavy (non-hydrogen) atoms. The minimum Gasteiger partial charge on any atom is -0.348 e. The van der Waals surface area contributed by atoms with Crippen LogP contribution in [-0.2, 0) is 21.2 Å². The number of sulfonamides is 1. The molecule has 0 saturated heterocycles. The summed E-state index contributed by atoms with van der Waals surface area (Å²) in [5.74, 6) is -0.334. The van der Waals surface area contributed by atoms with Gasteiger partial charge < -0.3 is 5.32 Å². The normalized spacial score (nSPS) is 12.5. The van der Waals surface area contributed by atoms with Gasteiger partial charge in [-0.25, -0.2) is 8.42 Å². The lowest BCUT2D eigenvalue weighted by atomic mass is 9.96. The molecule has 1 amide bonds. The molecule has 3 aromatic rings. The zero-order valence-electron chi connectivity index (χ0n) is 20.0. The summed E-state index contributed by atoms with van der Waals surface area (Å²) >= 11 is 3.34. The monoisotopic (exact) mass is 542 g/mol. The van der Waals surface area contributed by atoms with E-state index in [2.05, 4.69) is 40.3 Å². The summed E-state index contributed by atoms with van der Waals surface area (Å²) in [7, 11) is -3.85. The molecule has 0 bridgehead atoms. The van der Waals surface area contributed by atoms with Gasteiger partial charge in [-0.1, -0.05) is 58.4 Å². The van der Waals surface area contributed by atoms with Gasteiger partial charge in [0.1, 0.15) is 0 Å². The zero-order chi connectivity index (χ0) is 24.9. The van der Waals surface area contributed by atoms with Gasteiger partial charge in [-0.3, -0.25) is 4.79 Å². The summed E-state index contributed by atoms with van der Waals surface area (Å²) in [4.78, 5) is 13.2. The van der Waals surface area contributed by atoms with Crippen LogP contribution >= 0.6 is 15.9 Å². The molecule has 0 aliphatic heterocycles. The van der Waals surface area contributed by atoms with E-state index in [-0.39, 0.29) is 29.9 Å². The van der Waals surface area contributed by atoms with Crippen LogP contribution in [-0.4, -0.2) is 31.7 Å². The Hall–Kier alpha value is -2.48. The van der Waals surface area contributed by atoms with Crippen LogP contribution in [0, 0.1) is 20.8 Å². The van der Waals surface area contributed by atoms with Crippen molar-refractivity contribution in [2.45, 2.75) is 45.1 Å². The minimum atomic E-state index is -3.85. The number of nitrogens with zero attached hydrogens (tertiary/aromatic N) is 1. The van der Waals surface area contributed by atoms with Gasteiger partial charge in [0.05, 0.1) is 17.5 Å². The van der Waals surface area contributed by atoms with E-state index < -0.39 is 10.0 Å². The lowest BCUT2D eigenvalue weighted by Gasteiger charge is -2.24. The molecule has 3 aromatic carbocycles. The highest BCUT2D eigenvalue weighted by atomic mass is 79.9. The van der Waals surface area contributed by atoms with Crippen LogP contribution in [0.15, 0.2) is 76.1 Å². The van der Waals surface area contributed by atoms with Crippen LogP contribution in [0.3, 0.4) is 0 Å². The number of rotatable bonds is 9. The molecule has 0 saturated carbocycles. The minimum absolute atomic E-state index is 0.162. The largest absolute Gasteiger partial charge is 0.348 e. The third-order valence-corrected chi connectivity index (χ3v) is 8.38. The van der Waals surface area contributed by atoms with Crippen LogP contribution in [0.25, 0.3) is 0 Å². The van der Waals surface area contributed by atoms with E-state index in [0.29, 0.717) is 6.42 Å². The zero-order valence-corrected chi connectivity index (χ0v) is 22.4. The maximum absolute atomic E-state index is 13.4. The van der Waals surface area contributed by atoms with Gasteiger partial charge in [-0.05, 0) is 86.2 Å².